The van der Waals surface area contributed by atoms with Crippen LogP contribution in [0.1, 0.15) is 38.1 Å². The normalized spacial score (nSPS) is 12.7. The van der Waals surface area contributed by atoms with Gasteiger partial charge in [-0.05, 0) is 39.8 Å². The zero-order valence-corrected chi connectivity index (χ0v) is 11.9. The molecular formula is C14H18FNO4. The quantitative estimate of drug-likeness (QED) is 0.888. The molecule has 1 amide bonds. The van der Waals surface area contributed by atoms with E-state index in [0.717, 1.165) is 6.07 Å². The Labute approximate surface area is 116 Å². The highest BCUT2D eigenvalue weighted by atomic mass is 19.1. The van der Waals surface area contributed by atoms with E-state index in [2.05, 4.69) is 5.32 Å². The van der Waals surface area contributed by atoms with Crippen LogP contribution in [0.4, 0.5) is 4.39 Å². The summed E-state index contributed by atoms with van der Waals surface area (Å²) >= 11 is 0. The van der Waals surface area contributed by atoms with Crippen molar-refractivity contribution < 1.29 is 23.8 Å². The first-order chi connectivity index (χ1) is 9.11. The second-order valence-corrected chi connectivity index (χ2v) is 5.42. The topological polar surface area (TPSA) is 75.6 Å². The highest BCUT2D eigenvalue weighted by Gasteiger charge is 2.24. The Morgan fingerprint density at radius 3 is 2.45 bits per heavy atom. The molecule has 110 valence electrons. The number of amides is 1. The summed E-state index contributed by atoms with van der Waals surface area (Å²) in [6.07, 6.45) is -1.01. The van der Waals surface area contributed by atoms with Crippen molar-refractivity contribution in [3.63, 3.8) is 0 Å². The molecule has 1 aromatic rings. The van der Waals surface area contributed by atoms with Crippen LogP contribution in [0.5, 0.6) is 5.75 Å². The third kappa shape index (κ3) is 4.22. The minimum absolute atomic E-state index is 0.319. The van der Waals surface area contributed by atoms with E-state index < -0.39 is 35.1 Å². The van der Waals surface area contributed by atoms with Crippen LogP contribution in [0.15, 0.2) is 18.2 Å². The molecule has 0 aromatic heterocycles. The molecule has 0 fully saturated rings. The van der Waals surface area contributed by atoms with Crippen LogP contribution in [0.3, 0.4) is 0 Å². The van der Waals surface area contributed by atoms with Crippen molar-refractivity contribution in [1.29, 1.82) is 0 Å². The molecule has 20 heavy (non-hydrogen) atoms. The number of benzene rings is 1. The fraction of sp³-hybridized carbons (Fsp3) is 0.429. The maximum atomic E-state index is 13.7. The molecule has 0 aliphatic carbocycles. The second-order valence-electron chi connectivity index (χ2n) is 5.42. The smallest absolute Gasteiger partial charge is 0.339 e. The highest BCUT2D eigenvalue weighted by molar-refractivity contribution is 5.91. The van der Waals surface area contributed by atoms with E-state index in [0.29, 0.717) is 0 Å². The summed E-state index contributed by atoms with van der Waals surface area (Å²) in [5, 5.41) is 11.7. The lowest BCUT2D eigenvalue weighted by molar-refractivity contribution is -0.128. The summed E-state index contributed by atoms with van der Waals surface area (Å²) in [7, 11) is 0. The molecule has 5 nitrogen and oxygen atoms in total. The van der Waals surface area contributed by atoms with Crippen LogP contribution in [0.2, 0.25) is 0 Å². The molecule has 1 atom stereocenters. The first kappa shape index (κ1) is 15.9. The fourth-order valence-electron chi connectivity index (χ4n) is 1.50. The Kier molecular flexibility index (Phi) is 4.70. The maximum Gasteiger partial charge on any atom is 0.339 e. The van der Waals surface area contributed by atoms with Gasteiger partial charge in [0, 0.05) is 5.54 Å². The Bertz CT molecular complexity index is 522. The van der Waals surface area contributed by atoms with Gasteiger partial charge in [0.05, 0.1) is 0 Å². The number of hydrogen-bond acceptors (Lipinski definition) is 3. The van der Waals surface area contributed by atoms with Gasteiger partial charge in [-0.25, -0.2) is 9.18 Å². The summed E-state index contributed by atoms with van der Waals surface area (Å²) < 4.78 is 18.8. The number of carbonyl (C=O) groups excluding carboxylic acids is 1. The number of aromatic carboxylic acids is 1. The number of rotatable bonds is 4. The third-order valence-corrected chi connectivity index (χ3v) is 2.36. The number of carboxylic acid groups (broad SMARTS) is 1. The second kappa shape index (κ2) is 5.90. The monoisotopic (exact) mass is 283 g/mol. The van der Waals surface area contributed by atoms with Crippen LogP contribution in [-0.4, -0.2) is 28.6 Å². The number of carboxylic acids is 1. The largest absolute Gasteiger partial charge is 0.478 e. The predicted octanol–water partition coefficient (Wildman–Crippen LogP) is 2.21. The zero-order valence-electron chi connectivity index (χ0n) is 11.9. The van der Waals surface area contributed by atoms with E-state index in [-0.39, 0.29) is 5.56 Å². The van der Waals surface area contributed by atoms with Crippen molar-refractivity contribution in [3.05, 3.63) is 29.6 Å². The molecule has 0 saturated heterocycles. The van der Waals surface area contributed by atoms with Gasteiger partial charge in [-0.3, -0.25) is 4.79 Å². The van der Waals surface area contributed by atoms with E-state index >= 15 is 0 Å². The lowest BCUT2D eigenvalue weighted by Crippen LogP contribution is -2.46. The van der Waals surface area contributed by atoms with Crippen molar-refractivity contribution in [2.24, 2.45) is 0 Å². The Hall–Kier alpha value is -2.11. The summed E-state index contributed by atoms with van der Waals surface area (Å²) in [5.74, 6) is -3.02. The van der Waals surface area contributed by atoms with Gasteiger partial charge in [0.1, 0.15) is 5.56 Å². The molecule has 0 heterocycles. The predicted molar refractivity (Wildman–Crippen MR) is 71.3 cm³/mol. The average molecular weight is 283 g/mol. The molecule has 0 aliphatic rings. The number of para-hydroxylation sites is 1. The van der Waals surface area contributed by atoms with Crippen molar-refractivity contribution in [1.82, 2.24) is 5.32 Å². The number of carbonyl (C=O) groups is 2. The van der Waals surface area contributed by atoms with E-state index in [4.69, 9.17) is 9.84 Å². The Morgan fingerprint density at radius 2 is 1.95 bits per heavy atom. The molecule has 0 bridgehead atoms. The highest BCUT2D eigenvalue weighted by Crippen LogP contribution is 2.24. The van der Waals surface area contributed by atoms with Crippen molar-refractivity contribution in [2.45, 2.75) is 39.3 Å². The van der Waals surface area contributed by atoms with Gasteiger partial charge in [0.25, 0.3) is 5.91 Å². The third-order valence-electron chi connectivity index (χ3n) is 2.36. The van der Waals surface area contributed by atoms with Crippen LogP contribution < -0.4 is 10.1 Å². The Morgan fingerprint density at radius 1 is 1.35 bits per heavy atom. The number of ether oxygens (including phenoxy) is 1. The summed E-state index contributed by atoms with van der Waals surface area (Å²) in [4.78, 5) is 22.9. The summed E-state index contributed by atoms with van der Waals surface area (Å²) in [5.41, 5.74) is -0.778. The van der Waals surface area contributed by atoms with Crippen LogP contribution >= 0.6 is 0 Å². The molecule has 0 radical (unpaired) electrons. The minimum Gasteiger partial charge on any atom is -0.478 e. The number of halogens is 1. The summed E-state index contributed by atoms with van der Waals surface area (Å²) in [6.45, 7) is 6.81. The SMILES string of the molecule is CC(Oc1c(F)cccc1C(=O)O)C(=O)NC(C)(C)C. The lowest BCUT2D eigenvalue weighted by atomic mass is 10.1. The summed E-state index contributed by atoms with van der Waals surface area (Å²) in [6, 6.07) is 3.57. The van der Waals surface area contributed by atoms with Gasteiger partial charge in [0.2, 0.25) is 0 Å². The minimum atomic E-state index is -1.32. The van der Waals surface area contributed by atoms with Gasteiger partial charge in [0.15, 0.2) is 17.7 Å². The number of hydrogen-bond donors (Lipinski definition) is 2. The molecule has 1 aromatic carbocycles. The standard InChI is InChI=1S/C14H18FNO4/c1-8(12(17)16-14(2,3)4)20-11-9(13(18)19)6-5-7-10(11)15/h5-8H,1-4H3,(H,16,17)(H,18,19). The molecule has 1 unspecified atom stereocenters. The van der Waals surface area contributed by atoms with Crippen LogP contribution in [0, 0.1) is 5.82 Å². The maximum absolute atomic E-state index is 13.7. The Balaban J connectivity index is 2.93. The van der Waals surface area contributed by atoms with Crippen LogP contribution in [-0.2, 0) is 4.79 Å². The molecule has 0 saturated carbocycles. The molecule has 6 heteroatoms. The van der Waals surface area contributed by atoms with Gasteiger partial charge in [-0.2, -0.15) is 0 Å². The van der Waals surface area contributed by atoms with Gasteiger partial charge in [-0.15, -0.1) is 0 Å². The van der Waals surface area contributed by atoms with Crippen molar-refractivity contribution >= 4 is 11.9 Å². The first-order valence-electron chi connectivity index (χ1n) is 6.12. The van der Waals surface area contributed by atoms with E-state index in [1.54, 1.807) is 20.8 Å². The van der Waals surface area contributed by atoms with E-state index in [1.807, 2.05) is 0 Å². The average Bonchev–Trinajstić information content (AvgIpc) is 2.28. The van der Waals surface area contributed by atoms with Crippen LogP contribution in [0.25, 0.3) is 0 Å². The van der Waals surface area contributed by atoms with E-state index in [1.165, 1.54) is 19.1 Å². The lowest BCUT2D eigenvalue weighted by Gasteiger charge is -2.24. The molecule has 0 spiro atoms. The van der Waals surface area contributed by atoms with Crippen molar-refractivity contribution in [2.75, 3.05) is 0 Å². The van der Waals surface area contributed by atoms with Gasteiger partial charge in [-0.1, -0.05) is 6.07 Å². The van der Waals surface area contributed by atoms with Gasteiger partial charge >= 0.3 is 5.97 Å². The first-order valence-corrected chi connectivity index (χ1v) is 6.12. The number of nitrogens with one attached hydrogen (secondary N) is 1. The van der Waals surface area contributed by atoms with E-state index in [9.17, 15) is 14.0 Å². The van der Waals surface area contributed by atoms with Crippen molar-refractivity contribution in [3.8, 4) is 5.75 Å². The molecule has 1 rings (SSSR count). The zero-order chi connectivity index (χ0) is 15.5. The fourth-order valence-corrected chi connectivity index (χ4v) is 1.50. The molecular weight excluding hydrogens is 265 g/mol. The van der Waals surface area contributed by atoms with Gasteiger partial charge < -0.3 is 15.2 Å². The molecule has 0 aliphatic heterocycles. The molecule has 2 N–H and O–H groups in total.